The molecule has 2 aliphatic rings. The summed E-state index contributed by atoms with van der Waals surface area (Å²) in [5, 5.41) is 7.30. The summed E-state index contributed by atoms with van der Waals surface area (Å²) in [6.45, 7) is 1.09. The van der Waals surface area contributed by atoms with Crippen LogP contribution in [-0.4, -0.2) is 81.7 Å². The summed E-state index contributed by atoms with van der Waals surface area (Å²) in [6, 6.07) is 1.94. The summed E-state index contributed by atoms with van der Waals surface area (Å²) in [4.78, 5) is 62.5. The molecule has 4 rings (SSSR count). The Labute approximate surface area is 182 Å². The summed E-state index contributed by atoms with van der Waals surface area (Å²) in [6.07, 6.45) is 5.39. The van der Waals surface area contributed by atoms with Gasteiger partial charge < -0.3 is 20.4 Å². The van der Waals surface area contributed by atoms with Crippen molar-refractivity contribution in [2.24, 2.45) is 0 Å². The number of nitrogens with one attached hydrogen (secondary N) is 2. The number of aromatic nitrogens is 2. The highest BCUT2D eigenvalue weighted by Gasteiger charge is 2.39. The van der Waals surface area contributed by atoms with Gasteiger partial charge in [-0.05, 0) is 24.3 Å². The van der Waals surface area contributed by atoms with Crippen LogP contribution in [0.2, 0.25) is 0 Å². The van der Waals surface area contributed by atoms with Crippen molar-refractivity contribution in [1.29, 1.82) is 0 Å². The second-order valence-electron chi connectivity index (χ2n) is 7.36. The lowest BCUT2D eigenvalue weighted by Gasteiger charge is -2.41. The number of piperazine rings is 1. The molecule has 11 heteroatoms. The van der Waals surface area contributed by atoms with E-state index in [2.05, 4.69) is 20.6 Å². The van der Waals surface area contributed by atoms with E-state index in [1.165, 1.54) is 35.0 Å². The molecule has 0 aromatic carbocycles. The van der Waals surface area contributed by atoms with Gasteiger partial charge in [-0.15, -0.1) is 11.3 Å². The predicted molar refractivity (Wildman–Crippen MR) is 111 cm³/mol. The third-order valence-corrected chi connectivity index (χ3v) is 6.23. The maximum Gasteiger partial charge on any atom is 0.264 e. The highest BCUT2D eigenvalue weighted by atomic mass is 32.1. The van der Waals surface area contributed by atoms with Gasteiger partial charge in [0.2, 0.25) is 11.8 Å². The molecule has 2 saturated heterocycles. The second kappa shape index (κ2) is 9.21. The first-order valence-electron chi connectivity index (χ1n) is 10.0. The average Bonchev–Trinajstić information content (AvgIpc) is 3.35. The molecule has 2 aromatic rings. The lowest BCUT2D eigenvalue weighted by Crippen LogP contribution is -2.63. The number of hydrogen-bond acceptors (Lipinski definition) is 7. The van der Waals surface area contributed by atoms with Crippen molar-refractivity contribution in [2.75, 3.05) is 26.2 Å². The van der Waals surface area contributed by atoms with E-state index in [9.17, 15) is 19.2 Å². The number of amides is 4. The van der Waals surface area contributed by atoms with E-state index in [4.69, 9.17) is 0 Å². The largest absolute Gasteiger partial charge is 0.354 e. The quantitative estimate of drug-likeness (QED) is 0.681. The monoisotopic (exact) mass is 442 g/mol. The van der Waals surface area contributed by atoms with Crippen LogP contribution in [0.5, 0.6) is 0 Å². The Kier molecular flexibility index (Phi) is 6.21. The summed E-state index contributed by atoms with van der Waals surface area (Å²) in [5.41, 5.74) is 0.258. The van der Waals surface area contributed by atoms with Crippen molar-refractivity contribution in [3.63, 3.8) is 0 Å². The third-order valence-electron chi connectivity index (χ3n) is 5.37. The highest BCUT2D eigenvalue weighted by molar-refractivity contribution is 7.12. The molecule has 0 radical (unpaired) electrons. The molecule has 162 valence electrons. The lowest BCUT2D eigenvalue weighted by molar-refractivity contribution is -0.133. The number of carbonyl (C=O) groups excluding carboxylic acids is 4. The fourth-order valence-electron chi connectivity index (χ4n) is 3.74. The van der Waals surface area contributed by atoms with E-state index in [1.807, 2.05) is 5.38 Å². The standard InChI is InChI=1S/C20H22N6O4S/c27-17-14(3-1-5-23-17)24-18(28)15-11-25(20(30)16-4-2-8-31-16)6-7-26(15)19(29)13-9-21-12-22-10-13/h2,4,8-10,12,14-15H,1,3,5-7,11H2,(H,23,27)(H,24,28). The third kappa shape index (κ3) is 4.55. The average molecular weight is 443 g/mol. The molecule has 2 N–H and O–H groups in total. The summed E-state index contributed by atoms with van der Waals surface area (Å²) in [5.74, 6) is -1.28. The zero-order valence-electron chi connectivity index (χ0n) is 16.7. The van der Waals surface area contributed by atoms with Gasteiger partial charge in [-0.25, -0.2) is 9.97 Å². The zero-order valence-corrected chi connectivity index (χ0v) is 17.5. The predicted octanol–water partition coefficient (Wildman–Crippen LogP) is -0.100. The Hall–Kier alpha value is -3.34. The lowest BCUT2D eigenvalue weighted by atomic mass is 10.0. The summed E-state index contributed by atoms with van der Waals surface area (Å²) >= 11 is 1.33. The normalized spacial score (nSPS) is 21.4. The van der Waals surface area contributed by atoms with Gasteiger partial charge in [0.05, 0.1) is 17.0 Å². The Morgan fingerprint density at radius 1 is 1.16 bits per heavy atom. The number of hydrogen-bond donors (Lipinski definition) is 2. The molecule has 2 aromatic heterocycles. The van der Waals surface area contributed by atoms with Crippen LogP contribution in [0.3, 0.4) is 0 Å². The molecule has 4 amide bonds. The number of rotatable bonds is 4. The van der Waals surface area contributed by atoms with E-state index in [0.29, 0.717) is 24.4 Å². The molecule has 0 aliphatic carbocycles. The topological polar surface area (TPSA) is 125 Å². The minimum atomic E-state index is -0.930. The van der Waals surface area contributed by atoms with Gasteiger partial charge in [-0.3, -0.25) is 19.2 Å². The molecule has 0 saturated carbocycles. The molecular weight excluding hydrogens is 420 g/mol. The molecule has 2 unspecified atom stereocenters. The highest BCUT2D eigenvalue weighted by Crippen LogP contribution is 2.19. The number of nitrogens with zero attached hydrogens (tertiary/aromatic N) is 4. The van der Waals surface area contributed by atoms with Crippen LogP contribution in [-0.2, 0) is 9.59 Å². The summed E-state index contributed by atoms with van der Waals surface area (Å²) < 4.78 is 0. The molecule has 0 spiro atoms. The second-order valence-corrected chi connectivity index (χ2v) is 8.31. The van der Waals surface area contributed by atoms with Gasteiger partial charge in [0.25, 0.3) is 11.8 Å². The number of thiophene rings is 1. The van der Waals surface area contributed by atoms with Crippen LogP contribution in [0.4, 0.5) is 0 Å². The Morgan fingerprint density at radius 2 is 1.97 bits per heavy atom. The van der Waals surface area contributed by atoms with Crippen LogP contribution < -0.4 is 10.6 Å². The van der Waals surface area contributed by atoms with Crippen LogP contribution in [0.15, 0.2) is 36.2 Å². The van der Waals surface area contributed by atoms with E-state index >= 15 is 0 Å². The van der Waals surface area contributed by atoms with Crippen LogP contribution in [0, 0.1) is 0 Å². The first-order chi connectivity index (χ1) is 15.0. The van der Waals surface area contributed by atoms with Gasteiger partial charge in [-0.2, -0.15) is 0 Å². The van der Waals surface area contributed by atoms with Gasteiger partial charge >= 0.3 is 0 Å². The minimum absolute atomic E-state index is 0.0380. The molecule has 2 atom stereocenters. The zero-order chi connectivity index (χ0) is 21.8. The Bertz CT molecular complexity index is 967. The van der Waals surface area contributed by atoms with Crippen molar-refractivity contribution in [3.05, 3.63) is 46.7 Å². The van der Waals surface area contributed by atoms with Gasteiger partial charge in [-0.1, -0.05) is 6.07 Å². The molecule has 31 heavy (non-hydrogen) atoms. The summed E-state index contributed by atoms with van der Waals surface area (Å²) in [7, 11) is 0. The first-order valence-corrected chi connectivity index (χ1v) is 10.9. The molecule has 2 fully saturated rings. The molecule has 10 nitrogen and oxygen atoms in total. The van der Waals surface area contributed by atoms with Crippen molar-refractivity contribution in [2.45, 2.75) is 24.9 Å². The Morgan fingerprint density at radius 3 is 2.68 bits per heavy atom. The maximum absolute atomic E-state index is 13.2. The van der Waals surface area contributed by atoms with E-state index in [0.717, 1.165) is 6.42 Å². The van der Waals surface area contributed by atoms with E-state index in [1.54, 1.807) is 17.0 Å². The van der Waals surface area contributed by atoms with Crippen LogP contribution >= 0.6 is 11.3 Å². The van der Waals surface area contributed by atoms with Crippen molar-refractivity contribution < 1.29 is 19.2 Å². The molecule has 2 aliphatic heterocycles. The van der Waals surface area contributed by atoms with E-state index < -0.39 is 23.9 Å². The fourth-order valence-corrected chi connectivity index (χ4v) is 4.43. The van der Waals surface area contributed by atoms with Gasteiger partial charge in [0.15, 0.2) is 0 Å². The van der Waals surface area contributed by atoms with Crippen LogP contribution in [0.25, 0.3) is 0 Å². The SMILES string of the molecule is O=C1NCCCC1NC(=O)C1CN(C(=O)c2cccs2)CCN1C(=O)c1cncnc1. The Balaban J connectivity index is 1.55. The van der Waals surface area contributed by atoms with Crippen molar-refractivity contribution >= 4 is 35.0 Å². The molecular formula is C20H22N6O4S. The van der Waals surface area contributed by atoms with Gasteiger partial charge in [0, 0.05) is 32.0 Å². The maximum atomic E-state index is 13.2. The first kappa shape index (κ1) is 20.9. The van der Waals surface area contributed by atoms with Crippen LogP contribution in [0.1, 0.15) is 32.9 Å². The minimum Gasteiger partial charge on any atom is -0.354 e. The van der Waals surface area contributed by atoms with Gasteiger partial charge in [0.1, 0.15) is 18.4 Å². The number of piperidine rings is 1. The molecule has 0 bridgehead atoms. The smallest absolute Gasteiger partial charge is 0.264 e. The van der Waals surface area contributed by atoms with Crippen molar-refractivity contribution in [3.8, 4) is 0 Å². The fraction of sp³-hybridized carbons (Fsp3) is 0.400. The van der Waals surface area contributed by atoms with Crippen molar-refractivity contribution in [1.82, 2.24) is 30.4 Å². The molecule has 4 heterocycles. The number of carbonyl (C=O) groups is 4. The van der Waals surface area contributed by atoms with E-state index in [-0.39, 0.29) is 30.5 Å².